The number of aromatic hydroxyl groups is 1. The summed E-state index contributed by atoms with van der Waals surface area (Å²) in [6.07, 6.45) is 14.2. The monoisotopic (exact) mass is 353 g/mol. The van der Waals surface area contributed by atoms with Crippen molar-refractivity contribution in [3.05, 3.63) is 66.7 Å². The van der Waals surface area contributed by atoms with Crippen LogP contribution in [0.4, 0.5) is 0 Å². The molecule has 136 valence electrons. The molecule has 0 bridgehead atoms. The Kier molecular flexibility index (Phi) is 7.43. The highest BCUT2D eigenvalue weighted by molar-refractivity contribution is 5.99. The Morgan fingerprint density at radius 1 is 1.23 bits per heavy atom. The number of nitrogens with zero attached hydrogens (tertiary/aromatic N) is 1. The summed E-state index contributed by atoms with van der Waals surface area (Å²) in [6, 6.07) is 5.15. The standard InChI is InChI=1S/C21H23NO4/c1-3-5-7-8-9-13-25-17-10-11-18-16(14-17)15-22-19(20(18)23)21(24)26-12-6-4-2/h3,5,7-11,13-15,23H,4,6,12H2,1-2H3/b5-3-,8-7-,13-9+. The van der Waals surface area contributed by atoms with E-state index < -0.39 is 5.97 Å². The molecule has 0 atom stereocenters. The molecular weight excluding hydrogens is 330 g/mol. The highest BCUT2D eigenvalue weighted by Crippen LogP contribution is 2.30. The molecular formula is C21H23NO4. The maximum atomic E-state index is 12.0. The molecule has 5 heteroatoms. The number of hydrogen-bond donors (Lipinski definition) is 1. The maximum absolute atomic E-state index is 12.0. The lowest BCUT2D eigenvalue weighted by Crippen LogP contribution is -2.08. The lowest BCUT2D eigenvalue weighted by molar-refractivity contribution is 0.0489. The van der Waals surface area contributed by atoms with Gasteiger partial charge in [-0.25, -0.2) is 9.78 Å². The van der Waals surface area contributed by atoms with Gasteiger partial charge in [-0.05, 0) is 37.6 Å². The number of carbonyl (C=O) groups is 1. The molecule has 0 unspecified atom stereocenters. The lowest BCUT2D eigenvalue weighted by atomic mass is 10.1. The van der Waals surface area contributed by atoms with Gasteiger partial charge in [-0.1, -0.05) is 37.6 Å². The summed E-state index contributed by atoms with van der Waals surface area (Å²) in [5.74, 6) is -0.193. The third-order valence-electron chi connectivity index (χ3n) is 3.57. The Labute approximate surface area is 153 Å². The lowest BCUT2D eigenvalue weighted by Gasteiger charge is -2.08. The van der Waals surface area contributed by atoms with Gasteiger partial charge in [0.15, 0.2) is 11.4 Å². The van der Waals surface area contributed by atoms with Crippen LogP contribution in [0.5, 0.6) is 11.5 Å². The Morgan fingerprint density at radius 3 is 2.81 bits per heavy atom. The minimum absolute atomic E-state index is 0.0729. The zero-order chi connectivity index (χ0) is 18.8. The normalized spacial score (nSPS) is 11.8. The van der Waals surface area contributed by atoms with Gasteiger partial charge in [-0.3, -0.25) is 0 Å². The van der Waals surface area contributed by atoms with Gasteiger partial charge >= 0.3 is 5.97 Å². The second kappa shape index (κ2) is 10.0. The van der Waals surface area contributed by atoms with Gasteiger partial charge in [0, 0.05) is 17.0 Å². The van der Waals surface area contributed by atoms with Crippen LogP contribution in [0.15, 0.2) is 61.0 Å². The van der Waals surface area contributed by atoms with Crippen LogP contribution >= 0.6 is 0 Å². The smallest absolute Gasteiger partial charge is 0.360 e. The Morgan fingerprint density at radius 2 is 2.04 bits per heavy atom. The van der Waals surface area contributed by atoms with Crippen LogP contribution in [0.1, 0.15) is 37.2 Å². The fraction of sp³-hybridized carbons (Fsp3) is 0.238. The van der Waals surface area contributed by atoms with Crippen LogP contribution in [0, 0.1) is 0 Å². The highest BCUT2D eigenvalue weighted by Gasteiger charge is 2.17. The molecule has 1 heterocycles. The van der Waals surface area contributed by atoms with Crippen LogP contribution in [0.2, 0.25) is 0 Å². The Balaban J connectivity index is 2.13. The largest absolute Gasteiger partial charge is 0.505 e. The van der Waals surface area contributed by atoms with E-state index in [2.05, 4.69) is 4.98 Å². The summed E-state index contributed by atoms with van der Waals surface area (Å²) < 4.78 is 10.6. The molecule has 1 aromatic heterocycles. The number of hydrogen-bond acceptors (Lipinski definition) is 5. The second-order valence-corrected chi connectivity index (χ2v) is 5.55. The molecule has 0 amide bonds. The number of ether oxygens (including phenoxy) is 2. The van der Waals surface area contributed by atoms with E-state index in [0.717, 1.165) is 12.8 Å². The summed E-state index contributed by atoms with van der Waals surface area (Å²) in [7, 11) is 0. The van der Waals surface area contributed by atoms with Gasteiger partial charge in [0.2, 0.25) is 0 Å². The summed E-state index contributed by atoms with van der Waals surface area (Å²) in [5.41, 5.74) is -0.0729. The molecule has 26 heavy (non-hydrogen) atoms. The number of pyridine rings is 1. The third kappa shape index (κ3) is 5.21. The van der Waals surface area contributed by atoms with Crippen LogP contribution in [-0.2, 0) is 4.74 Å². The van der Waals surface area contributed by atoms with Crippen LogP contribution in [0.3, 0.4) is 0 Å². The maximum Gasteiger partial charge on any atom is 0.360 e. The Bertz CT molecular complexity index is 837. The fourth-order valence-electron chi connectivity index (χ4n) is 2.19. The van der Waals surface area contributed by atoms with Crippen molar-refractivity contribution in [2.75, 3.05) is 6.61 Å². The van der Waals surface area contributed by atoms with Crippen molar-refractivity contribution in [1.29, 1.82) is 0 Å². The minimum Gasteiger partial charge on any atom is -0.505 e. The van der Waals surface area contributed by atoms with Crippen molar-refractivity contribution in [1.82, 2.24) is 4.98 Å². The summed E-state index contributed by atoms with van der Waals surface area (Å²) >= 11 is 0. The third-order valence-corrected chi connectivity index (χ3v) is 3.57. The molecule has 0 fully saturated rings. The zero-order valence-corrected chi connectivity index (χ0v) is 15.0. The first-order chi connectivity index (χ1) is 12.7. The molecule has 2 rings (SSSR count). The van der Waals surface area contributed by atoms with E-state index in [1.807, 2.05) is 38.2 Å². The van der Waals surface area contributed by atoms with Crippen molar-refractivity contribution < 1.29 is 19.4 Å². The van der Waals surface area contributed by atoms with Crippen molar-refractivity contribution in [3.8, 4) is 11.5 Å². The van der Waals surface area contributed by atoms with E-state index in [9.17, 15) is 9.90 Å². The van der Waals surface area contributed by atoms with E-state index in [4.69, 9.17) is 9.47 Å². The number of rotatable bonds is 8. The van der Waals surface area contributed by atoms with Crippen molar-refractivity contribution >= 4 is 16.7 Å². The number of unbranched alkanes of at least 4 members (excludes halogenated alkanes) is 1. The zero-order valence-electron chi connectivity index (χ0n) is 15.0. The highest BCUT2D eigenvalue weighted by atomic mass is 16.5. The molecule has 0 radical (unpaired) electrons. The molecule has 2 aromatic rings. The average Bonchev–Trinajstić information content (AvgIpc) is 2.65. The van der Waals surface area contributed by atoms with Gasteiger partial charge < -0.3 is 14.6 Å². The van der Waals surface area contributed by atoms with Gasteiger partial charge in [0.25, 0.3) is 0 Å². The molecule has 0 spiro atoms. The van der Waals surface area contributed by atoms with Crippen LogP contribution < -0.4 is 4.74 Å². The van der Waals surface area contributed by atoms with Gasteiger partial charge in [0.05, 0.1) is 12.9 Å². The van der Waals surface area contributed by atoms with Gasteiger partial charge in [0.1, 0.15) is 5.75 Å². The summed E-state index contributed by atoms with van der Waals surface area (Å²) in [5, 5.41) is 11.5. The molecule has 0 aliphatic heterocycles. The van der Waals surface area contributed by atoms with Crippen LogP contribution in [-0.4, -0.2) is 22.7 Å². The number of benzene rings is 1. The topological polar surface area (TPSA) is 68.7 Å². The van der Waals surface area contributed by atoms with E-state index >= 15 is 0 Å². The quantitative estimate of drug-likeness (QED) is 0.316. The SMILES string of the molecule is C\C=C/C=C\C=C\Oc1ccc2c(O)c(C(=O)OCCCC)ncc2c1. The average molecular weight is 353 g/mol. The number of esters is 1. The first-order valence-electron chi connectivity index (χ1n) is 8.57. The summed E-state index contributed by atoms with van der Waals surface area (Å²) in [4.78, 5) is 16.1. The summed E-state index contributed by atoms with van der Waals surface area (Å²) in [6.45, 7) is 4.27. The van der Waals surface area contributed by atoms with Crippen molar-refractivity contribution in [2.24, 2.45) is 0 Å². The van der Waals surface area contributed by atoms with Crippen LogP contribution in [0.25, 0.3) is 10.8 Å². The van der Waals surface area contributed by atoms with Gasteiger partial charge in [-0.2, -0.15) is 0 Å². The van der Waals surface area contributed by atoms with Gasteiger partial charge in [-0.15, -0.1) is 0 Å². The molecule has 0 saturated heterocycles. The number of carbonyl (C=O) groups excluding carboxylic acids is 1. The van der Waals surface area contributed by atoms with E-state index in [1.165, 1.54) is 6.20 Å². The molecule has 0 aliphatic rings. The number of aromatic nitrogens is 1. The van der Waals surface area contributed by atoms with E-state index in [0.29, 0.717) is 23.1 Å². The molecule has 5 nitrogen and oxygen atoms in total. The first kappa shape index (κ1) is 19.2. The van der Waals surface area contributed by atoms with Crippen molar-refractivity contribution in [2.45, 2.75) is 26.7 Å². The minimum atomic E-state index is -0.617. The molecule has 0 aliphatic carbocycles. The van der Waals surface area contributed by atoms with E-state index in [1.54, 1.807) is 30.5 Å². The first-order valence-corrected chi connectivity index (χ1v) is 8.57. The molecule has 1 N–H and O–H groups in total. The molecule has 0 saturated carbocycles. The predicted molar refractivity (Wildman–Crippen MR) is 102 cm³/mol. The fourth-order valence-corrected chi connectivity index (χ4v) is 2.19. The predicted octanol–water partition coefficient (Wildman–Crippen LogP) is 4.92. The van der Waals surface area contributed by atoms with E-state index in [-0.39, 0.29) is 11.4 Å². The second-order valence-electron chi connectivity index (χ2n) is 5.55. The van der Waals surface area contributed by atoms with Crippen molar-refractivity contribution in [3.63, 3.8) is 0 Å². The molecule has 1 aromatic carbocycles. The number of allylic oxidation sites excluding steroid dienone is 5. The Hall–Kier alpha value is -3.08. The number of fused-ring (bicyclic) bond motifs is 1.